The second-order valence-corrected chi connectivity index (χ2v) is 5.24. The smallest absolute Gasteiger partial charge is 0.307 e. The van der Waals surface area contributed by atoms with Crippen molar-refractivity contribution in [3.63, 3.8) is 0 Å². The Morgan fingerprint density at radius 3 is 2.41 bits per heavy atom. The number of hydrogen-bond acceptors (Lipinski definition) is 3. The zero-order valence-corrected chi connectivity index (χ0v) is 10.8. The Kier molecular flexibility index (Phi) is 4.70. The largest absolute Gasteiger partial charge is 0.460 e. The van der Waals surface area contributed by atoms with Crippen molar-refractivity contribution in [1.29, 1.82) is 0 Å². The van der Waals surface area contributed by atoms with Gasteiger partial charge in [0, 0.05) is 6.04 Å². The van der Waals surface area contributed by atoms with E-state index in [4.69, 9.17) is 10.5 Å². The van der Waals surface area contributed by atoms with Gasteiger partial charge in [0.05, 0.1) is 6.42 Å². The molecule has 0 spiro atoms. The third-order valence-corrected chi connectivity index (χ3v) is 2.19. The van der Waals surface area contributed by atoms with E-state index in [1.165, 1.54) is 0 Å². The maximum atomic E-state index is 11.6. The molecule has 0 heterocycles. The van der Waals surface area contributed by atoms with E-state index >= 15 is 0 Å². The lowest BCUT2D eigenvalue weighted by atomic mass is 10.0. The molecule has 2 N–H and O–H groups in total. The molecule has 0 saturated carbocycles. The number of carbonyl (C=O) groups is 1. The van der Waals surface area contributed by atoms with Gasteiger partial charge in [-0.25, -0.2) is 0 Å². The molecule has 0 saturated heterocycles. The van der Waals surface area contributed by atoms with Gasteiger partial charge in [-0.3, -0.25) is 4.79 Å². The summed E-state index contributed by atoms with van der Waals surface area (Å²) in [5.41, 5.74) is 6.63. The molecule has 1 rings (SSSR count). The Morgan fingerprint density at radius 1 is 1.29 bits per heavy atom. The van der Waals surface area contributed by atoms with Crippen LogP contribution in [0, 0.1) is 0 Å². The zero-order chi connectivity index (χ0) is 12.9. The van der Waals surface area contributed by atoms with E-state index in [9.17, 15) is 4.79 Å². The van der Waals surface area contributed by atoms with E-state index in [0.717, 1.165) is 5.56 Å². The van der Waals surface area contributed by atoms with Crippen molar-refractivity contribution in [3.8, 4) is 0 Å². The van der Waals surface area contributed by atoms with Crippen LogP contribution in [0.15, 0.2) is 30.3 Å². The molecule has 0 aromatic heterocycles. The summed E-state index contributed by atoms with van der Waals surface area (Å²) in [6, 6.07) is 9.73. The molecule has 0 aliphatic carbocycles. The van der Waals surface area contributed by atoms with Crippen LogP contribution in [0.2, 0.25) is 0 Å². The van der Waals surface area contributed by atoms with Crippen LogP contribution in [0.5, 0.6) is 0 Å². The number of rotatable bonds is 4. The second kappa shape index (κ2) is 5.82. The van der Waals surface area contributed by atoms with Gasteiger partial charge in [0.15, 0.2) is 0 Å². The van der Waals surface area contributed by atoms with Crippen LogP contribution in [0.3, 0.4) is 0 Å². The molecule has 0 aliphatic rings. The van der Waals surface area contributed by atoms with Crippen LogP contribution in [0.4, 0.5) is 0 Å². The van der Waals surface area contributed by atoms with Crippen LogP contribution in [-0.2, 0) is 16.0 Å². The van der Waals surface area contributed by atoms with Gasteiger partial charge in [-0.15, -0.1) is 0 Å². The molecule has 0 amide bonds. The van der Waals surface area contributed by atoms with Crippen LogP contribution in [0.1, 0.15) is 32.8 Å². The third kappa shape index (κ3) is 6.07. The highest BCUT2D eigenvalue weighted by atomic mass is 16.6. The minimum Gasteiger partial charge on any atom is -0.460 e. The van der Waals surface area contributed by atoms with Crippen molar-refractivity contribution in [2.45, 2.75) is 45.3 Å². The minimum atomic E-state index is -0.441. The van der Waals surface area contributed by atoms with Crippen molar-refractivity contribution in [2.24, 2.45) is 5.73 Å². The molecule has 0 fully saturated rings. The van der Waals surface area contributed by atoms with E-state index in [0.29, 0.717) is 6.42 Å². The van der Waals surface area contributed by atoms with Gasteiger partial charge in [0.2, 0.25) is 0 Å². The topological polar surface area (TPSA) is 52.3 Å². The van der Waals surface area contributed by atoms with Crippen molar-refractivity contribution in [3.05, 3.63) is 35.9 Å². The predicted molar refractivity (Wildman–Crippen MR) is 68.6 cm³/mol. The Labute approximate surface area is 103 Å². The molecule has 0 aliphatic heterocycles. The molecular formula is C14H21NO2. The highest BCUT2D eigenvalue weighted by molar-refractivity contribution is 5.70. The Bertz CT molecular complexity index is 354. The normalized spacial score (nSPS) is 13.2. The SMILES string of the molecule is CC(C)(C)OC(=O)C[C@H](N)Cc1ccccc1. The van der Waals surface area contributed by atoms with Gasteiger partial charge in [0.25, 0.3) is 0 Å². The molecule has 17 heavy (non-hydrogen) atoms. The highest BCUT2D eigenvalue weighted by Gasteiger charge is 2.18. The summed E-state index contributed by atoms with van der Waals surface area (Å²) < 4.78 is 5.23. The highest BCUT2D eigenvalue weighted by Crippen LogP contribution is 2.10. The molecule has 3 heteroatoms. The van der Waals surface area contributed by atoms with Gasteiger partial charge in [-0.1, -0.05) is 30.3 Å². The van der Waals surface area contributed by atoms with E-state index in [2.05, 4.69) is 0 Å². The number of nitrogens with two attached hydrogens (primary N) is 1. The first kappa shape index (κ1) is 13.7. The summed E-state index contributed by atoms with van der Waals surface area (Å²) in [4.78, 5) is 11.6. The maximum absolute atomic E-state index is 11.6. The standard InChI is InChI=1S/C14H21NO2/c1-14(2,3)17-13(16)10-12(15)9-11-7-5-4-6-8-11/h4-8,12H,9-10,15H2,1-3H3/t12-/m1/s1. The zero-order valence-electron chi connectivity index (χ0n) is 10.8. The molecule has 1 atom stereocenters. The van der Waals surface area contributed by atoms with Crippen molar-refractivity contribution in [1.82, 2.24) is 0 Å². The summed E-state index contributed by atoms with van der Waals surface area (Å²) in [5.74, 6) is -0.235. The lowest BCUT2D eigenvalue weighted by molar-refractivity contribution is -0.155. The van der Waals surface area contributed by atoms with Gasteiger partial charge >= 0.3 is 5.97 Å². The van der Waals surface area contributed by atoms with Gasteiger partial charge in [0.1, 0.15) is 5.60 Å². The first-order valence-corrected chi connectivity index (χ1v) is 5.88. The molecule has 3 nitrogen and oxygen atoms in total. The molecule has 1 aromatic rings. The first-order valence-electron chi connectivity index (χ1n) is 5.88. The molecule has 0 bridgehead atoms. The maximum Gasteiger partial charge on any atom is 0.307 e. The average molecular weight is 235 g/mol. The second-order valence-electron chi connectivity index (χ2n) is 5.24. The molecule has 94 valence electrons. The predicted octanol–water partition coefficient (Wildman–Crippen LogP) is 2.29. The van der Waals surface area contributed by atoms with Crippen LogP contribution in [-0.4, -0.2) is 17.6 Å². The van der Waals surface area contributed by atoms with Gasteiger partial charge in [-0.2, -0.15) is 0 Å². The van der Waals surface area contributed by atoms with Crippen LogP contribution in [0.25, 0.3) is 0 Å². The van der Waals surface area contributed by atoms with Crippen LogP contribution >= 0.6 is 0 Å². The minimum absolute atomic E-state index is 0.188. The summed E-state index contributed by atoms with van der Waals surface area (Å²) in [7, 11) is 0. The molecule has 1 aromatic carbocycles. The average Bonchev–Trinajstić information content (AvgIpc) is 2.15. The Morgan fingerprint density at radius 2 is 1.88 bits per heavy atom. The fourth-order valence-corrected chi connectivity index (χ4v) is 1.59. The quantitative estimate of drug-likeness (QED) is 0.815. The van der Waals surface area contributed by atoms with Crippen molar-refractivity contribution in [2.75, 3.05) is 0 Å². The number of ether oxygens (including phenoxy) is 1. The summed E-state index contributed by atoms with van der Waals surface area (Å²) in [6.45, 7) is 5.56. The summed E-state index contributed by atoms with van der Waals surface area (Å²) >= 11 is 0. The van der Waals surface area contributed by atoms with E-state index in [1.54, 1.807) is 0 Å². The van der Waals surface area contributed by atoms with E-state index < -0.39 is 5.60 Å². The monoisotopic (exact) mass is 235 g/mol. The first-order chi connectivity index (χ1) is 7.87. The summed E-state index contributed by atoms with van der Waals surface area (Å²) in [5, 5.41) is 0. The number of benzene rings is 1. The van der Waals surface area contributed by atoms with Gasteiger partial charge < -0.3 is 10.5 Å². The molecule has 0 radical (unpaired) electrons. The van der Waals surface area contributed by atoms with Gasteiger partial charge in [-0.05, 0) is 32.8 Å². The van der Waals surface area contributed by atoms with E-state index in [1.807, 2.05) is 51.1 Å². The number of carbonyl (C=O) groups excluding carboxylic acids is 1. The fourth-order valence-electron chi connectivity index (χ4n) is 1.59. The van der Waals surface area contributed by atoms with Crippen molar-refractivity contribution >= 4 is 5.97 Å². The Hall–Kier alpha value is -1.35. The van der Waals surface area contributed by atoms with Crippen molar-refractivity contribution < 1.29 is 9.53 Å². The molecular weight excluding hydrogens is 214 g/mol. The van der Waals surface area contributed by atoms with E-state index in [-0.39, 0.29) is 18.4 Å². The third-order valence-electron chi connectivity index (χ3n) is 2.19. The Balaban J connectivity index is 2.40. The fraction of sp³-hybridized carbons (Fsp3) is 0.500. The lowest BCUT2D eigenvalue weighted by Gasteiger charge is -2.20. The van der Waals surface area contributed by atoms with Crippen LogP contribution < -0.4 is 5.73 Å². The summed E-state index contributed by atoms with van der Waals surface area (Å²) in [6.07, 6.45) is 0.951. The molecule has 0 unspecified atom stereocenters. The number of hydrogen-bond donors (Lipinski definition) is 1. The lowest BCUT2D eigenvalue weighted by Crippen LogP contribution is -2.31. The number of esters is 1.